The first-order valence-corrected chi connectivity index (χ1v) is 5.73. The van der Waals surface area contributed by atoms with Gasteiger partial charge in [0.2, 0.25) is 0 Å². The Morgan fingerprint density at radius 3 is 2.33 bits per heavy atom. The molecule has 0 aliphatic rings. The van der Waals surface area contributed by atoms with Crippen LogP contribution in [0.15, 0.2) is 12.1 Å². The highest BCUT2D eigenvalue weighted by atomic mass is 35.5. The van der Waals surface area contributed by atoms with E-state index < -0.39 is 16.8 Å². The normalized spacial score (nSPS) is 10.4. The molecule has 0 atom stereocenters. The zero-order valence-corrected chi connectivity index (χ0v) is 10.8. The van der Waals surface area contributed by atoms with Crippen molar-refractivity contribution in [2.24, 2.45) is 0 Å². The minimum absolute atomic E-state index is 0.0382. The highest BCUT2D eigenvalue weighted by molar-refractivity contribution is 6.44. The summed E-state index contributed by atoms with van der Waals surface area (Å²) in [5.74, 6) is -2.43. The monoisotopic (exact) mass is 292 g/mol. The molecule has 0 heterocycles. The van der Waals surface area contributed by atoms with Crippen LogP contribution in [-0.2, 0) is 0 Å². The zero-order chi connectivity index (χ0) is 13.9. The third-order valence-corrected chi connectivity index (χ3v) is 2.49. The van der Waals surface area contributed by atoms with Gasteiger partial charge in [-0.2, -0.15) is 0 Å². The summed E-state index contributed by atoms with van der Waals surface area (Å²) >= 11 is 11.0. The number of carboxylic acids is 2. The molecule has 1 rings (SSSR count). The second-order valence-electron chi connectivity index (χ2n) is 3.42. The van der Waals surface area contributed by atoms with E-state index in [1.165, 1.54) is 19.1 Å². The van der Waals surface area contributed by atoms with E-state index in [-0.39, 0.29) is 29.0 Å². The average molecular weight is 293 g/mol. The number of carbonyl (C=O) groups is 2. The summed E-state index contributed by atoms with van der Waals surface area (Å²) in [4.78, 5) is 21.2. The topological polar surface area (TPSA) is 83.8 Å². The van der Waals surface area contributed by atoms with Crippen LogP contribution in [0.2, 0.25) is 0 Å². The van der Waals surface area contributed by atoms with Crippen LogP contribution in [0.4, 0.5) is 0 Å². The van der Waals surface area contributed by atoms with Crippen molar-refractivity contribution in [3.63, 3.8) is 0 Å². The van der Waals surface area contributed by atoms with Gasteiger partial charge in [0, 0.05) is 0 Å². The van der Waals surface area contributed by atoms with Crippen LogP contribution >= 0.6 is 23.2 Å². The molecule has 0 saturated carbocycles. The Hall–Kier alpha value is -1.46. The van der Waals surface area contributed by atoms with Gasteiger partial charge in [-0.3, -0.25) is 0 Å². The third kappa shape index (κ3) is 3.27. The first-order valence-electron chi connectivity index (χ1n) is 4.85. The van der Waals surface area contributed by atoms with Gasteiger partial charge in [-0.25, -0.2) is 9.59 Å². The fraction of sp³-hybridized carbons (Fsp3) is 0.273. The maximum absolute atomic E-state index is 11.1. The van der Waals surface area contributed by atoms with Crippen LogP contribution < -0.4 is 4.74 Å². The van der Waals surface area contributed by atoms with Gasteiger partial charge < -0.3 is 14.9 Å². The summed E-state index contributed by atoms with van der Waals surface area (Å²) in [5, 5.41) is 18.0. The Bertz CT molecular complexity index is 485. The van der Waals surface area contributed by atoms with E-state index in [9.17, 15) is 9.59 Å². The summed E-state index contributed by atoms with van der Waals surface area (Å²) < 4.78 is 5.14. The van der Waals surface area contributed by atoms with Gasteiger partial charge in [0.1, 0.15) is 22.8 Å². The first kappa shape index (κ1) is 14.6. The Morgan fingerprint density at radius 1 is 1.28 bits per heavy atom. The van der Waals surface area contributed by atoms with Crippen molar-refractivity contribution in [1.29, 1.82) is 0 Å². The number of aromatic carboxylic acids is 2. The number of rotatable bonds is 5. The predicted octanol–water partition coefficient (Wildman–Crippen LogP) is 2.57. The number of carboxylic acid groups (broad SMARTS) is 2. The molecule has 7 heteroatoms. The van der Waals surface area contributed by atoms with Gasteiger partial charge in [0.25, 0.3) is 0 Å². The molecular formula is C11H10Cl2O5. The maximum atomic E-state index is 11.1. The second-order valence-corrected chi connectivity index (χ2v) is 4.70. The van der Waals surface area contributed by atoms with Crippen molar-refractivity contribution in [1.82, 2.24) is 0 Å². The molecule has 18 heavy (non-hydrogen) atoms. The highest BCUT2D eigenvalue weighted by Crippen LogP contribution is 2.26. The Labute approximate surface area is 113 Å². The minimum atomic E-state index is -1.27. The second kappa shape index (κ2) is 5.93. The Balaban J connectivity index is 3.23. The summed E-state index contributed by atoms with van der Waals surface area (Å²) in [6.45, 7) is 1.31. The van der Waals surface area contributed by atoms with E-state index in [1.807, 2.05) is 0 Å². The maximum Gasteiger partial charge on any atom is 0.339 e. The van der Waals surface area contributed by atoms with Crippen molar-refractivity contribution in [2.45, 2.75) is 11.8 Å². The number of hydrogen-bond donors (Lipinski definition) is 2. The molecule has 0 aromatic heterocycles. The van der Waals surface area contributed by atoms with Gasteiger partial charge in [0.05, 0.1) is 5.56 Å². The molecule has 0 unspecified atom stereocenters. The molecule has 1 aromatic carbocycles. The van der Waals surface area contributed by atoms with Gasteiger partial charge in [0.15, 0.2) is 0 Å². The first-order chi connectivity index (χ1) is 8.34. The Kier molecular flexibility index (Phi) is 4.81. The summed E-state index contributed by atoms with van der Waals surface area (Å²) in [7, 11) is 0. The number of alkyl halides is 2. The van der Waals surface area contributed by atoms with E-state index in [4.69, 9.17) is 38.2 Å². The fourth-order valence-corrected chi connectivity index (χ4v) is 1.58. The van der Waals surface area contributed by atoms with Gasteiger partial charge in [-0.05, 0) is 24.6 Å². The minimum Gasteiger partial charge on any atom is -0.490 e. The number of ether oxygens (including phenoxy) is 1. The van der Waals surface area contributed by atoms with E-state index in [0.717, 1.165) is 0 Å². The molecular weight excluding hydrogens is 283 g/mol. The average Bonchev–Trinajstić information content (AvgIpc) is 2.24. The molecule has 98 valence electrons. The number of hydrogen-bond acceptors (Lipinski definition) is 3. The molecule has 1 aromatic rings. The molecule has 0 saturated heterocycles. The third-order valence-electron chi connectivity index (χ3n) is 2.24. The molecule has 0 aliphatic heterocycles. The predicted molar refractivity (Wildman–Crippen MR) is 66.1 cm³/mol. The lowest BCUT2D eigenvalue weighted by molar-refractivity contribution is 0.0691. The number of benzene rings is 1. The molecule has 2 N–H and O–H groups in total. The molecule has 0 bridgehead atoms. The zero-order valence-electron chi connectivity index (χ0n) is 9.31. The molecule has 0 amide bonds. The quantitative estimate of drug-likeness (QED) is 0.815. The van der Waals surface area contributed by atoms with Crippen LogP contribution in [0.3, 0.4) is 0 Å². The van der Waals surface area contributed by atoms with E-state index >= 15 is 0 Å². The molecule has 0 spiro atoms. The molecule has 0 fully saturated rings. The van der Waals surface area contributed by atoms with Crippen molar-refractivity contribution >= 4 is 35.1 Å². The summed E-state index contributed by atoms with van der Waals surface area (Å²) in [6.07, 6.45) is 0. The Morgan fingerprint density at radius 2 is 1.89 bits per heavy atom. The standard InChI is InChI=1S/C11H10Cl2O5/c1-5-6(10(14)15)2-3-7(9(5)11(16)17)18-4-8(12)13/h2-3,8H,4H2,1H3,(H,14,15)(H,16,17). The van der Waals surface area contributed by atoms with E-state index in [1.54, 1.807) is 0 Å². The van der Waals surface area contributed by atoms with Gasteiger partial charge in [-0.1, -0.05) is 0 Å². The SMILES string of the molecule is Cc1c(C(=O)O)ccc(OCC(Cl)Cl)c1C(=O)O. The summed E-state index contributed by atoms with van der Waals surface area (Å²) in [6, 6.07) is 2.55. The van der Waals surface area contributed by atoms with Crippen LogP contribution in [0, 0.1) is 6.92 Å². The van der Waals surface area contributed by atoms with Crippen molar-refractivity contribution in [3.05, 3.63) is 28.8 Å². The van der Waals surface area contributed by atoms with Crippen LogP contribution in [0.1, 0.15) is 26.3 Å². The van der Waals surface area contributed by atoms with Gasteiger partial charge >= 0.3 is 11.9 Å². The molecule has 0 radical (unpaired) electrons. The van der Waals surface area contributed by atoms with E-state index in [0.29, 0.717) is 0 Å². The molecule has 5 nitrogen and oxygen atoms in total. The summed E-state index contributed by atoms with van der Waals surface area (Å²) in [5.41, 5.74) is -0.176. The smallest absolute Gasteiger partial charge is 0.339 e. The lowest BCUT2D eigenvalue weighted by Gasteiger charge is -2.13. The lowest BCUT2D eigenvalue weighted by Crippen LogP contribution is -2.12. The van der Waals surface area contributed by atoms with Crippen molar-refractivity contribution in [3.8, 4) is 5.75 Å². The van der Waals surface area contributed by atoms with Crippen LogP contribution in [-0.4, -0.2) is 33.6 Å². The van der Waals surface area contributed by atoms with Crippen LogP contribution in [0.5, 0.6) is 5.75 Å². The number of halogens is 2. The van der Waals surface area contributed by atoms with Crippen molar-refractivity contribution < 1.29 is 24.5 Å². The largest absolute Gasteiger partial charge is 0.490 e. The highest BCUT2D eigenvalue weighted by Gasteiger charge is 2.20. The van der Waals surface area contributed by atoms with Crippen LogP contribution in [0.25, 0.3) is 0 Å². The van der Waals surface area contributed by atoms with E-state index in [2.05, 4.69) is 0 Å². The molecule has 0 aliphatic carbocycles. The fourth-order valence-electron chi connectivity index (χ4n) is 1.46. The van der Waals surface area contributed by atoms with Crippen molar-refractivity contribution in [2.75, 3.05) is 6.61 Å². The van der Waals surface area contributed by atoms with Gasteiger partial charge in [-0.15, -0.1) is 23.2 Å². The lowest BCUT2D eigenvalue weighted by atomic mass is 10.0.